The Labute approximate surface area is 212 Å². The number of aryl methyl sites for hydroxylation is 1. The van der Waals surface area contributed by atoms with Crippen molar-refractivity contribution in [2.75, 3.05) is 26.2 Å². The van der Waals surface area contributed by atoms with E-state index in [0.717, 1.165) is 16.9 Å². The average molecular weight is 530 g/mol. The third-order valence-electron chi connectivity index (χ3n) is 5.87. The second-order valence-electron chi connectivity index (χ2n) is 8.29. The van der Waals surface area contributed by atoms with Crippen molar-refractivity contribution in [2.45, 2.75) is 17.2 Å². The van der Waals surface area contributed by atoms with Gasteiger partial charge in [-0.2, -0.15) is 0 Å². The Bertz CT molecular complexity index is 1370. The summed E-state index contributed by atoms with van der Waals surface area (Å²) in [7, 11) is -4.28. The highest BCUT2D eigenvalue weighted by Gasteiger charge is 2.40. The molecule has 2 heterocycles. The van der Waals surface area contributed by atoms with Crippen LogP contribution in [-0.2, 0) is 14.6 Å². The Morgan fingerprint density at radius 3 is 2.17 bits per heavy atom. The van der Waals surface area contributed by atoms with Crippen LogP contribution in [0.2, 0.25) is 0 Å². The second-order valence-corrected chi connectivity index (χ2v) is 11.3. The number of sulfone groups is 1. The number of halogens is 1. The first-order valence-electron chi connectivity index (χ1n) is 11.2. The third-order valence-corrected chi connectivity index (χ3v) is 8.61. The van der Waals surface area contributed by atoms with Crippen molar-refractivity contribution in [3.05, 3.63) is 87.9 Å². The van der Waals surface area contributed by atoms with Gasteiger partial charge in [-0.1, -0.05) is 35.9 Å². The highest BCUT2D eigenvalue weighted by molar-refractivity contribution is 7.92. The van der Waals surface area contributed by atoms with Crippen LogP contribution < -0.4 is 5.32 Å². The lowest BCUT2D eigenvalue weighted by molar-refractivity contribution is -0.132. The highest BCUT2D eigenvalue weighted by atomic mass is 32.2. The molecule has 1 aliphatic heterocycles. The van der Waals surface area contributed by atoms with E-state index in [9.17, 15) is 27.2 Å². The van der Waals surface area contributed by atoms with Crippen LogP contribution in [0.25, 0.3) is 0 Å². The topological polar surface area (TPSA) is 104 Å². The van der Waals surface area contributed by atoms with Crippen LogP contribution in [0.1, 0.15) is 25.6 Å². The molecule has 1 fully saturated rings. The summed E-state index contributed by atoms with van der Waals surface area (Å²) in [6.07, 6.45) is 0. The number of amides is 3. The lowest BCUT2D eigenvalue weighted by Crippen LogP contribution is -2.57. The first-order chi connectivity index (χ1) is 17.2. The zero-order chi connectivity index (χ0) is 25.9. The van der Waals surface area contributed by atoms with E-state index in [0.29, 0.717) is 0 Å². The van der Waals surface area contributed by atoms with E-state index in [1.165, 1.54) is 46.2 Å². The molecule has 1 aliphatic rings. The van der Waals surface area contributed by atoms with Crippen LogP contribution in [-0.4, -0.2) is 67.5 Å². The van der Waals surface area contributed by atoms with Gasteiger partial charge < -0.3 is 15.1 Å². The summed E-state index contributed by atoms with van der Waals surface area (Å²) in [5.74, 6) is -2.61. The molecule has 0 unspecified atom stereocenters. The normalized spacial score (nSPS) is 14.8. The highest BCUT2D eigenvalue weighted by Crippen LogP contribution is 2.20. The molecule has 36 heavy (non-hydrogen) atoms. The average Bonchev–Trinajstić information content (AvgIpc) is 3.42. The Morgan fingerprint density at radius 2 is 1.56 bits per heavy atom. The molecule has 0 aliphatic carbocycles. The van der Waals surface area contributed by atoms with E-state index in [1.807, 2.05) is 0 Å². The van der Waals surface area contributed by atoms with Gasteiger partial charge in [0.05, 0.1) is 15.3 Å². The van der Waals surface area contributed by atoms with Gasteiger partial charge in [0.15, 0.2) is 0 Å². The Hall–Kier alpha value is -3.57. The van der Waals surface area contributed by atoms with Gasteiger partial charge >= 0.3 is 0 Å². The second kappa shape index (κ2) is 10.6. The lowest BCUT2D eigenvalue weighted by Gasteiger charge is -2.36. The SMILES string of the molecule is Cc1ccc(S(=O)(=O)[C@@H](NC(=O)c2cccs2)C(=O)N2CCN(C(=O)c3ccccc3F)CC2)cc1. The van der Waals surface area contributed by atoms with Crippen molar-refractivity contribution >= 4 is 38.9 Å². The van der Waals surface area contributed by atoms with Crippen LogP contribution in [0.3, 0.4) is 0 Å². The number of thiophene rings is 1. The van der Waals surface area contributed by atoms with Crippen molar-refractivity contribution in [1.82, 2.24) is 15.1 Å². The van der Waals surface area contributed by atoms with E-state index in [2.05, 4.69) is 5.32 Å². The molecule has 0 radical (unpaired) electrons. The maximum atomic E-state index is 14.0. The molecule has 2 aromatic carbocycles. The summed E-state index contributed by atoms with van der Waals surface area (Å²) in [5.41, 5.74) is 0.774. The first-order valence-corrected chi connectivity index (χ1v) is 13.6. The molecule has 0 saturated carbocycles. The summed E-state index contributed by atoms with van der Waals surface area (Å²) < 4.78 is 41.0. The molecule has 1 aromatic heterocycles. The first kappa shape index (κ1) is 25.5. The number of nitrogens with one attached hydrogen (secondary N) is 1. The summed E-state index contributed by atoms with van der Waals surface area (Å²) in [5, 5.41) is 2.23. The van der Waals surface area contributed by atoms with E-state index in [4.69, 9.17) is 0 Å². The maximum Gasteiger partial charge on any atom is 0.262 e. The molecule has 1 saturated heterocycles. The van der Waals surface area contributed by atoms with Gasteiger partial charge in [0.1, 0.15) is 5.82 Å². The van der Waals surface area contributed by atoms with Crippen LogP contribution in [0.15, 0.2) is 70.9 Å². The minimum absolute atomic E-state index is 0.0355. The number of hydrogen-bond acceptors (Lipinski definition) is 6. The Kier molecular flexibility index (Phi) is 7.51. The lowest BCUT2D eigenvalue weighted by atomic mass is 10.1. The van der Waals surface area contributed by atoms with Gasteiger partial charge in [0.2, 0.25) is 15.2 Å². The number of nitrogens with zero attached hydrogens (tertiary/aromatic N) is 2. The van der Waals surface area contributed by atoms with Crippen LogP contribution in [0.4, 0.5) is 4.39 Å². The third kappa shape index (κ3) is 5.31. The monoisotopic (exact) mass is 529 g/mol. The molecule has 1 atom stereocenters. The molecule has 0 spiro atoms. The minimum Gasteiger partial charge on any atom is -0.336 e. The van der Waals surface area contributed by atoms with Crippen molar-refractivity contribution in [2.24, 2.45) is 0 Å². The number of carbonyl (C=O) groups is 3. The largest absolute Gasteiger partial charge is 0.336 e. The summed E-state index contributed by atoms with van der Waals surface area (Å²) >= 11 is 1.12. The van der Waals surface area contributed by atoms with Crippen LogP contribution in [0.5, 0.6) is 0 Å². The van der Waals surface area contributed by atoms with Crippen molar-refractivity contribution < 1.29 is 27.2 Å². The number of benzene rings is 2. The molecular weight excluding hydrogens is 505 g/mol. The number of rotatable bonds is 6. The van der Waals surface area contributed by atoms with Gasteiger partial charge in [-0.3, -0.25) is 14.4 Å². The Morgan fingerprint density at radius 1 is 0.917 bits per heavy atom. The van der Waals surface area contributed by atoms with E-state index in [1.54, 1.807) is 36.6 Å². The van der Waals surface area contributed by atoms with Gasteiger partial charge in [0.25, 0.3) is 17.7 Å². The molecule has 4 rings (SSSR count). The molecule has 1 N–H and O–H groups in total. The van der Waals surface area contributed by atoms with Gasteiger partial charge in [0, 0.05) is 26.2 Å². The number of carbonyl (C=O) groups excluding carboxylic acids is 3. The summed E-state index contributed by atoms with van der Waals surface area (Å²) in [4.78, 5) is 41.8. The molecule has 3 amide bonds. The van der Waals surface area contributed by atoms with Crippen molar-refractivity contribution in [3.8, 4) is 0 Å². The fourth-order valence-corrected chi connectivity index (χ4v) is 5.93. The quantitative estimate of drug-likeness (QED) is 0.529. The zero-order valence-corrected chi connectivity index (χ0v) is 21.0. The van der Waals surface area contributed by atoms with E-state index in [-0.39, 0.29) is 41.5 Å². The van der Waals surface area contributed by atoms with Crippen molar-refractivity contribution in [1.29, 1.82) is 0 Å². The number of piperazine rings is 1. The summed E-state index contributed by atoms with van der Waals surface area (Å²) in [6, 6.07) is 14.8. The molecule has 3 aromatic rings. The number of hydrogen-bond donors (Lipinski definition) is 1. The molecular formula is C25H24FN3O5S2. The van der Waals surface area contributed by atoms with Gasteiger partial charge in [-0.05, 0) is 42.6 Å². The van der Waals surface area contributed by atoms with Gasteiger partial charge in [-0.15, -0.1) is 11.3 Å². The smallest absolute Gasteiger partial charge is 0.262 e. The molecule has 11 heteroatoms. The fourth-order valence-electron chi connectivity index (χ4n) is 3.83. The standard InChI is InChI=1S/C25H24FN3O5S2/c1-17-8-10-18(11-9-17)36(33,34)23(27-22(30)21-7-4-16-35-21)25(32)29-14-12-28(13-15-29)24(31)19-5-2-3-6-20(19)26/h2-11,16,23H,12-15H2,1H3,(H,27,30)/t23-/m1/s1. The summed E-state index contributed by atoms with van der Waals surface area (Å²) in [6.45, 7) is 2.06. The van der Waals surface area contributed by atoms with E-state index < -0.39 is 38.7 Å². The van der Waals surface area contributed by atoms with Crippen LogP contribution >= 0.6 is 11.3 Å². The van der Waals surface area contributed by atoms with Gasteiger partial charge in [-0.25, -0.2) is 12.8 Å². The Balaban J connectivity index is 1.54. The predicted molar refractivity (Wildman–Crippen MR) is 133 cm³/mol. The minimum atomic E-state index is -4.28. The fraction of sp³-hybridized carbons (Fsp3) is 0.240. The molecule has 8 nitrogen and oxygen atoms in total. The molecule has 0 bridgehead atoms. The van der Waals surface area contributed by atoms with Crippen molar-refractivity contribution in [3.63, 3.8) is 0 Å². The molecule has 188 valence electrons. The van der Waals surface area contributed by atoms with E-state index >= 15 is 0 Å². The maximum absolute atomic E-state index is 14.0. The zero-order valence-electron chi connectivity index (χ0n) is 19.4. The predicted octanol–water partition coefficient (Wildman–Crippen LogP) is 2.71. The van der Waals surface area contributed by atoms with Crippen LogP contribution in [0, 0.1) is 12.7 Å².